The van der Waals surface area contributed by atoms with Gasteiger partial charge in [0.1, 0.15) is 17.0 Å². The molecule has 3 fully saturated rings. The smallest absolute Gasteiger partial charge is 0.410 e. The van der Waals surface area contributed by atoms with E-state index in [1.807, 2.05) is 56.9 Å². The average molecular weight is 674 g/mol. The molecule has 0 radical (unpaired) electrons. The maximum Gasteiger partial charge on any atom is 0.410 e. The molecule has 4 heterocycles. The highest BCUT2D eigenvalue weighted by Crippen LogP contribution is 2.36. The van der Waals surface area contributed by atoms with Gasteiger partial charge in [0.25, 0.3) is 5.91 Å². The van der Waals surface area contributed by atoms with Crippen LogP contribution in [0.3, 0.4) is 0 Å². The van der Waals surface area contributed by atoms with Gasteiger partial charge in [-0.1, -0.05) is 6.07 Å². The van der Waals surface area contributed by atoms with Gasteiger partial charge in [0, 0.05) is 55.1 Å². The molecule has 0 atom stereocenters. The molecule has 11 nitrogen and oxygen atoms in total. The maximum absolute atomic E-state index is 12.9. The van der Waals surface area contributed by atoms with Crippen molar-refractivity contribution < 1.29 is 19.1 Å². The van der Waals surface area contributed by atoms with Crippen molar-refractivity contribution in [3.63, 3.8) is 0 Å². The number of methoxy groups -OCH3 is 1. The lowest BCUT2D eigenvalue weighted by Gasteiger charge is -2.44. The van der Waals surface area contributed by atoms with E-state index in [4.69, 9.17) is 14.6 Å². The van der Waals surface area contributed by atoms with Gasteiger partial charge in [-0.2, -0.15) is 5.10 Å². The van der Waals surface area contributed by atoms with Crippen LogP contribution in [0.2, 0.25) is 0 Å². The predicted molar refractivity (Wildman–Crippen MR) is 192 cm³/mol. The van der Waals surface area contributed by atoms with E-state index >= 15 is 0 Å². The highest BCUT2D eigenvalue weighted by Gasteiger charge is 2.33. The molecular weight excluding hydrogens is 618 g/mol. The molecule has 0 spiro atoms. The van der Waals surface area contributed by atoms with Crippen molar-refractivity contribution >= 4 is 28.6 Å². The summed E-state index contributed by atoms with van der Waals surface area (Å²) in [7, 11) is 3.93. The SMILES string of the molecule is COc1cc2nn(C3CCC(CN(C)C4CCN(C5CCN(C(=O)OC(C)(C)C)CC5)CC4)CC3)cc2cc1NC(=O)c1cccc(C)n1. The van der Waals surface area contributed by atoms with E-state index in [1.54, 1.807) is 13.2 Å². The van der Waals surface area contributed by atoms with Crippen LogP contribution in [0.25, 0.3) is 10.9 Å². The van der Waals surface area contributed by atoms with Crippen LogP contribution >= 0.6 is 0 Å². The summed E-state index contributed by atoms with van der Waals surface area (Å²) in [5, 5.41) is 8.90. The number of aryl methyl sites for hydroxylation is 1. The summed E-state index contributed by atoms with van der Waals surface area (Å²) in [6, 6.07) is 10.9. The number of rotatable bonds is 8. The van der Waals surface area contributed by atoms with E-state index in [9.17, 15) is 9.59 Å². The molecular formula is C38H55N7O4. The van der Waals surface area contributed by atoms with Crippen LogP contribution in [0, 0.1) is 12.8 Å². The lowest BCUT2D eigenvalue weighted by molar-refractivity contribution is 0.0101. The van der Waals surface area contributed by atoms with Gasteiger partial charge < -0.3 is 29.5 Å². The molecule has 1 N–H and O–H groups in total. The van der Waals surface area contributed by atoms with Crippen molar-refractivity contribution in [1.82, 2.24) is 29.5 Å². The quantitative estimate of drug-likeness (QED) is 0.288. The van der Waals surface area contributed by atoms with Crippen LogP contribution in [-0.2, 0) is 4.74 Å². The van der Waals surface area contributed by atoms with Crippen molar-refractivity contribution in [2.75, 3.05) is 52.2 Å². The molecule has 1 aromatic carbocycles. The first-order valence-electron chi connectivity index (χ1n) is 18.2. The predicted octanol–water partition coefficient (Wildman–Crippen LogP) is 6.53. The Morgan fingerprint density at radius 1 is 0.959 bits per heavy atom. The molecule has 11 heteroatoms. The number of likely N-dealkylation sites (tertiary alicyclic amines) is 2. The zero-order chi connectivity index (χ0) is 34.7. The third-order valence-electron chi connectivity index (χ3n) is 10.7. The van der Waals surface area contributed by atoms with E-state index in [-0.39, 0.29) is 12.0 Å². The molecule has 2 aliphatic heterocycles. The number of piperidine rings is 2. The molecule has 3 aliphatic rings. The Labute approximate surface area is 291 Å². The average Bonchev–Trinajstić information content (AvgIpc) is 3.50. The minimum absolute atomic E-state index is 0.174. The summed E-state index contributed by atoms with van der Waals surface area (Å²) < 4.78 is 13.3. The van der Waals surface area contributed by atoms with Crippen LogP contribution in [0.4, 0.5) is 10.5 Å². The number of pyridine rings is 1. The Kier molecular flexibility index (Phi) is 10.8. The Balaban J connectivity index is 0.956. The number of aromatic nitrogens is 3. The fraction of sp³-hybridized carbons (Fsp3) is 0.632. The topological polar surface area (TPSA) is 105 Å². The van der Waals surface area contributed by atoms with Crippen molar-refractivity contribution in [3.8, 4) is 5.75 Å². The second-order valence-corrected chi connectivity index (χ2v) is 15.4. The van der Waals surface area contributed by atoms with Gasteiger partial charge in [-0.15, -0.1) is 0 Å². The second-order valence-electron chi connectivity index (χ2n) is 15.4. The number of nitrogens with zero attached hydrogens (tertiary/aromatic N) is 6. The zero-order valence-corrected chi connectivity index (χ0v) is 30.3. The van der Waals surface area contributed by atoms with Crippen molar-refractivity contribution in [3.05, 3.63) is 47.9 Å². The molecule has 266 valence electrons. The van der Waals surface area contributed by atoms with Crippen LogP contribution < -0.4 is 10.1 Å². The normalized spacial score (nSPS) is 21.7. The molecule has 2 saturated heterocycles. The summed E-state index contributed by atoms with van der Waals surface area (Å²) in [6.45, 7) is 12.7. The van der Waals surface area contributed by atoms with E-state index < -0.39 is 5.60 Å². The van der Waals surface area contributed by atoms with Crippen molar-refractivity contribution in [2.45, 2.75) is 103 Å². The standard InChI is InChI=1S/C38H55N7O4/c1-26-8-7-9-32(39-26)36(46)40-34-22-28-25-45(41-33(28)23-35(34)48-6)31-12-10-27(11-13-31)24-42(5)29-14-18-43(19-15-29)30-16-20-44(21-17-30)37(47)49-38(2,3)4/h7-9,22-23,25,27,29-31H,10-21,24H2,1-6H3,(H,40,46). The van der Waals surface area contributed by atoms with Gasteiger partial charge in [-0.3, -0.25) is 9.48 Å². The summed E-state index contributed by atoms with van der Waals surface area (Å²) in [6.07, 6.45) is 11.1. The molecule has 49 heavy (non-hydrogen) atoms. The van der Waals surface area contributed by atoms with Gasteiger partial charge >= 0.3 is 6.09 Å². The first kappa shape index (κ1) is 35.1. The number of fused-ring (bicyclic) bond motifs is 1. The van der Waals surface area contributed by atoms with Crippen molar-refractivity contribution in [2.24, 2.45) is 5.92 Å². The number of benzene rings is 1. The Hall–Kier alpha value is -3.70. The minimum atomic E-state index is -0.445. The van der Waals surface area contributed by atoms with Crippen LogP contribution in [-0.4, -0.2) is 106 Å². The lowest BCUT2D eigenvalue weighted by Crippen LogP contribution is -2.52. The van der Waals surface area contributed by atoms with Gasteiger partial charge in [0.15, 0.2) is 0 Å². The summed E-state index contributed by atoms with van der Waals surface area (Å²) in [5.74, 6) is 1.03. The Morgan fingerprint density at radius 2 is 1.67 bits per heavy atom. The number of amides is 2. The third kappa shape index (κ3) is 8.73. The molecule has 3 aromatic rings. The van der Waals surface area contributed by atoms with E-state index in [1.165, 1.54) is 25.7 Å². The Morgan fingerprint density at radius 3 is 2.33 bits per heavy atom. The van der Waals surface area contributed by atoms with E-state index in [0.29, 0.717) is 41.2 Å². The number of hydrogen-bond donors (Lipinski definition) is 1. The highest BCUT2D eigenvalue weighted by molar-refractivity contribution is 6.05. The lowest BCUT2D eigenvalue weighted by atomic mass is 9.85. The van der Waals surface area contributed by atoms with Gasteiger partial charge in [0.2, 0.25) is 0 Å². The van der Waals surface area contributed by atoms with Crippen molar-refractivity contribution in [1.29, 1.82) is 0 Å². The fourth-order valence-electron chi connectivity index (χ4n) is 7.96. The van der Waals surface area contributed by atoms with Gasteiger partial charge in [0.05, 0.1) is 24.4 Å². The van der Waals surface area contributed by atoms with Gasteiger partial charge in [-0.25, -0.2) is 9.78 Å². The molecule has 0 unspecified atom stereocenters. The van der Waals surface area contributed by atoms with Crippen LogP contribution in [0.1, 0.15) is 94.4 Å². The second kappa shape index (κ2) is 15.0. The van der Waals surface area contributed by atoms with E-state index in [0.717, 1.165) is 75.0 Å². The first-order valence-corrected chi connectivity index (χ1v) is 18.2. The summed E-state index contributed by atoms with van der Waals surface area (Å²) >= 11 is 0. The number of carbonyl (C=O) groups excluding carboxylic acids is 2. The highest BCUT2D eigenvalue weighted by atomic mass is 16.6. The summed E-state index contributed by atoms with van der Waals surface area (Å²) in [5.41, 5.74) is 2.21. The van der Waals surface area contributed by atoms with Crippen LogP contribution in [0.5, 0.6) is 5.75 Å². The zero-order valence-electron chi connectivity index (χ0n) is 30.3. The van der Waals surface area contributed by atoms with E-state index in [2.05, 4.69) is 38.0 Å². The number of anilines is 1. The number of carbonyl (C=O) groups is 2. The molecule has 2 amide bonds. The third-order valence-corrected chi connectivity index (χ3v) is 10.7. The molecule has 2 aromatic heterocycles. The number of nitrogens with one attached hydrogen (secondary N) is 1. The summed E-state index contributed by atoms with van der Waals surface area (Å²) in [4.78, 5) is 36.9. The maximum atomic E-state index is 12.9. The fourth-order valence-corrected chi connectivity index (χ4v) is 7.96. The monoisotopic (exact) mass is 673 g/mol. The van der Waals surface area contributed by atoms with Crippen LogP contribution in [0.15, 0.2) is 36.5 Å². The molecule has 0 bridgehead atoms. The minimum Gasteiger partial charge on any atom is -0.494 e. The number of ether oxygens (including phenoxy) is 2. The van der Waals surface area contributed by atoms with Gasteiger partial charge in [-0.05, 0) is 123 Å². The molecule has 1 aliphatic carbocycles. The largest absolute Gasteiger partial charge is 0.494 e. The number of hydrogen-bond acceptors (Lipinski definition) is 8. The first-order chi connectivity index (χ1) is 23.5. The Bertz CT molecular complexity index is 1590. The molecule has 6 rings (SSSR count). The molecule has 1 saturated carbocycles.